The second-order valence-corrected chi connectivity index (χ2v) is 6.19. The van der Waals surface area contributed by atoms with E-state index in [9.17, 15) is 18.0 Å². The van der Waals surface area contributed by atoms with E-state index in [4.69, 9.17) is 0 Å². The van der Waals surface area contributed by atoms with Gasteiger partial charge in [-0.05, 0) is 44.0 Å². The van der Waals surface area contributed by atoms with Crippen molar-refractivity contribution in [2.24, 2.45) is 5.92 Å². The summed E-state index contributed by atoms with van der Waals surface area (Å²) < 4.78 is 37.6. The Bertz CT molecular complexity index is 526. The van der Waals surface area contributed by atoms with Crippen LogP contribution in [0.1, 0.15) is 30.9 Å². The number of rotatable bonds is 4. The van der Waals surface area contributed by atoms with Crippen LogP contribution in [0.25, 0.3) is 0 Å². The Balaban J connectivity index is 0.00000288. The van der Waals surface area contributed by atoms with Gasteiger partial charge in [0.2, 0.25) is 5.91 Å². The topological polar surface area (TPSA) is 32.3 Å². The molecular weight excluding hydrogens is 341 g/mol. The fourth-order valence-electron chi connectivity index (χ4n) is 2.97. The summed E-state index contributed by atoms with van der Waals surface area (Å²) in [6, 6.07) is 5.53. The summed E-state index contributed by atoms with van der Waals surface area (Å²) in [4.78, 5) is 14.3. The molecule has 136 valence electrons. The molecule has 1 aromatic carbocycles. The molecule has 0 aliphatic carbocycles. The number of benzene rings is 1. The molecule has 3 nitrogen and oxygen atoms in total. The summed E-state index contributed by atoms with van der Waals surface area (Å²) in [6.45, 7) is 3.31. The number of nitrogens with zero attached hydrogens (tertiary/aromatic N) is 1. The third-order valence-corrected chi connectivity index (χ3v) is 4.46. The van der Waals surface area contributed by atoms with Crippen LogP contribution in [-0.2, 0) is 17.4 Å². The van der Waals surface area contributed by atoms with Gasteiger partial charge >= 0.3 is 6.18 Å². The minimum atomic E-state index is -4.32. The van der Waals surface area contributed by atoms with E-state index in [1.54, 1.807) is 0 Å². The summed E-state index contributed by atoms with van der Waals surface area (Å²) in [5.41, 5.74) is 0.0957. The molecule has 1 saturated heterocycles. The fourth-order valence-corrected chi connectivity index (χ4v) is 2.97. The maximum atomic E-state index is 12.5. The zero-order valence-electron chi connectivity index (χ0n) is 13.9. The van der Waals surface area contributed by atoms with Crippen molar-refractivity contribution in [2.45, 2.75) is 38.4 Å². The number of hydrogen-bond acceptors (Lipinski definition) is 2. The van der Waals surface area contributed by atoms with Gasteiger partial charge in [-0.25, -0.2) is 0 Å². The highest BCUT2D eigenvalue weighted by atomic mass is 35.5. The molecule has 1 heterocycles. The Hall–Kier alpha value is -1.27. The molecular formula is C17H24ClF3N2O. The van der Waals surface area contributed by atoms with Gasteiger partial charge in [0.05, 0.1) is 5.56 Å². The van der Waals surface area contributed by atoms with E-state index in [-0.39, 0.29) is 24.2 Å². The van der Waals surface area contributed by atoms with Crippen LogP contribution >= 0.6 is 12.4 Å². The Morgan fingerprint density at radius 2 is 1.79 bits per heavy atom. The highest BCUT2D eigenvalue weighted by Crippen LogP contribution is 2.29. The Morgan fingerprint density at radius 1 is 1.25 bits per heavy atom. The predicted molar refractivity (Wildman–Crippen MR) is 90.2 cm³/mol. The van der Waals surface area contributed by atoms with Crippen LogP contribution in [0.5, 0.6) is 0 Å². The Kier molecular flexibility index (Phi) is 7.55. The molecule has 1 atom stereocenters. The molecule has 1 aromatic rings. The SMILES string of the molecule is CNC1CCN(C(=O)C(C)Cc2ccc(C(F)(F)F)cc2)CC1.Cl. The lowest BCUT2D eigenvalue weighted by Crippen LogP contribution is -2.45. The number of likely N-dealkylation sites (tertiary alicyclic amines) is 1. The summed E-state index contributed by atoms with van der Waals surface area (Å²) in [7, 11) is 1.93. The first-order valence-corrected chi connectivity index (χ1v) is 7.93. The molecule has 0 spiro atoms. The quantitative estimate of drug-likeness (QED) is 0.886. The van der Waals surface area contributed by atoms with Gasteiger partial charge in [0, 0.05) is 25.0 Å². The maximum absolute atomic E-state index is 12.5. The number of hydrogen-bond donors (Lipinski definition) is 1. The highest BCUT2D eigenvalue weighted by Gasteiger charge is 2.30. The average molecular weight is 365 g/mol. The first-order valence-electron chi connectivity index (χ1n) is 7.93. The molecule has 24 heavy (non-hydrogen) atoms. The van der Waals surface area contributed by atoms with E-state index in [0.29, 0.717) is 12.5 Å². The van der Waals surface area contributed by atoms with Crippen molar-refractivity contribution in [3.05, 3.63) is 35.4 Å². The lowest BCUT2D eigenvalue weighted by atomic mass is 9.97. The summed E-state index contributed by atoms with van der Waals surface area (Å²) in [5, 5.41) is 3.22. The average Bonchev–Trinajstić information content (AvgIpc) is 2.54. The molecule has 1 aliphatic rings. The molecule has 0 saturated carbocycles. The first-order chi connectivity index (χ1) is 10.8. The van der Waals surface area contributed by atoms with Crippen molar-refractivity contribution < 1.29 is 18.0 Å². The Morgan fingerprint density at radius 3 is 2.25 bits per heavy atom. The molecule has 1 amide bonds. The minimum Gasteiger partial charge on any atom is -0.342 e. The Labute approximate surface area is 147 Å². The van der Waals surface area contributed by atoms with Crippen molar-refractivity contribution >= 4 is 18.3 Å². The zero-order valence-corrected chi connectivity index (χ0v) is 14.7. The molecule has 1 aliphatic heterocycles. The van der Waals surface area contributed by atoms with Crippen molar-refractivity contribution in [1.29, 1.82) is 0 Å². The third kappa shape index (κ3) is 5.38. The molecule has 2 rings (SSSR count). The van der Waals surface area contributed by atoms with Crippen molar-refractivity contribution in [3.8, 4) is 0 Å². The highest BCUT2D eigenvalue weighted by molar-refractivity contribution is 5.85. The second-order valence-electron chi connectivity index (χ2n) is 6.19. The van der Waals surface area contributed by atoms with E-state index in [0.717, 1.165) is 43.6 Å². The van der Waals surface area contributed by atoms with Crippen LogP contribution < -0.4 is 5.32 Å². The second kappa shape index (κ2) is 8.72. The number of alkyl halides is 3. The van der Waals surface area contributed by atoms with Crippen LogP contribution in [0, 0.1) is 5.92 Å². The van der Waals surface area contributed by atoms with Gasteiger partial charge in [0.25, 0.3) is 0 Å². The number of carbonyl (C=O) groups is 1. The van der Waals surface area contributed by atoms with Gasteiger partial charge in [-0.15, -0.1) is 12.4 Å². The number of carbonyl (C=O) groups excluding carboxylic acids is 1. The van der Waals surface area contributed by atoms with Gasteiger partial charge in [-0.2, -0.15) is 13.2 Å². The van der Waals surface area contributed by atoms with E-state index in [1.807, 2.05) is 18.9 Å². The van der Waals surface area contributed by atoms with Crippen LogP contribution in [0.3, 0.4) is 0 Å². The summed E-state index contributed by atoms with van der Waals surface area (Å²) in [6.07, 6.45) is -1.98. The summed E-state index contributed by atoms with van der Waals surface area (Å²) in [5.74, 6) is -0.141. The van der Waals surface area contributed by atoms with E-state index >= 15 is 0 Å². The van der Waals surface area contributed by atoms with Crippen molar-refractivity contribution in [2.75, 3.05) is 20.1 Å². The number of piperidine rings is 1. The molecule has 0 bridgehead atoms. The van der Waals surface area contributed by atoms with Gasteiger partial charge in [-0.3, -0.25) is 4.79 Å². The monoisotopic (exact) mass is 364 g/mol. The third-order valence-electron chi connectivity index (χ3n) is 4.46. The standard InChI is InChI=1S/C17H23F3N2O.ClH/c1-12(16(23)22-9-7-15(21-2)8-10-22)11-13-3-5-14(6-4-13)17(18,19)20;/h3-6,12,15,21H,7-11H2,1-2H3;1H. The van der Waals surface area contributed by atoms with E-state index in [1.165, 1.54) is 12.1 Å². The molecule has 7 heteroatoms. The first kappa shape index (κ1) is 20.8. The zero-order chi connectivity index (χ0) is 17.0. The van der Waals surface area contributed by atoms with Gasteiger partial charge in [-0.1, -0.05) is 19.1 Å². The van der Waals surface area contributed by atoms with Crippen molar-refractivity contribution in [1.82, 2.24) is 10.2 Å². The molecule has 0 radical (unpaired) electrons. The number of nitrogens with one attached hydrogen (secondary N) is 1. The van der Waals surface area contributed by atoms with Crippen LogP contribution in [0.2, 0.25) is 0 Å². The lowest BCUT2D eigenvalue weighted by molar-refractivity contribution is -0.138. The van der Waals surface area contributed by atoms with E-state index < -0.39 is 11.7 Å². The van der Waals surface area contributed by atoms with Gasteiger partial charge in [0.15, 0.2) is 0 Å². The minimum absolute atomic E-state index is 0. The van der Waals surface area contributed by atoms with Gasteiger partial charge < -0.3 is 10.2 Å². The van der Waals surface area contributed by atoms with Crippen LogP contribution in [0.15, 0.2) is 24.3 Å². The normalized spacial score (nSPS) is 17.3. The fraction of sp³-hybridized carbons (Fsp3) is 0.588. The number of halogens is 4. The smallest absolute Gasteiger partial charge is 0.342 e. The molecule has 1 fully saturated rings. The molecule has 1 unspecified atom stereocenters. The molecule has 0 aromatic heterocycles. The van der Waals surface area contributed by atoms with Crippen LogP contribution in [-0.4, -0.2) is 37.0 Å². The van der Waals surface area contributed by atoms with Gasteiger partial charge in [0.1, 0.15) is 0 Å². The summed E-state index contributed by atoms with van der Waals surface area (Å²) >= 11 is 0. The van der Waals surface area contributed by atoms with Crippen LogP contribution in [0.4, 0.5) is 13.2 Å². The largest absolute Gasteiger partial charge is 0.416 e. The van der Waals surface area contributed by atoms with E-state index in [2.05, 4.69) is 5.32 Å². The maximum Gasteiger partial charge on any atom is 0.416 e. The molecule has 1 N–H and O–H groups in total. The predicted octanol–water partition coefficient (Wildman–Crippen LogP) is 3.52. The number of amides is 1. The van der Waals surface area contributed by atoms with Crippen molar-refractivity contribution in [3.63, 3.8) is 0 Å². The lowest BCUT2D eigenvalue weighted by Gasteiger charge is -2.33.